The summed E-state index contributed by atoms with van der Waals surface area (Å²) in [5.74, 6) is -1.13. The molecule has 2 aromatic heterocycles. The van der Waals surface area contributed by atoms with Crippen LogP contribution in [0.1, 0.15) is 11.1 Å². The lowest BCUT2D eigenvalue weighted by Gasteiger charge is -2.04. The molecule has 1 N–H and O–H groups in total. The molecule has 2 heterocycles. The highest BCUT2D eigenvalue weighted by Gasteiger charge is 2.10. The van der Waals surface area contributed by atoms with Gasteiger partial charge in [0.1, 0.15) is 17.3 Å². The fourth-order valence-electron chi connectivity index (χ4n) is 2.82. The normalized spacial score (nSPS) is 11.1. The Kier molecular flexibility index (Phi) is 3.54. The Labute approximate surface area is 137 Å². The summed E-state index contributed by atoms with van der Waals surface area (Å²) in [5.41, 5.74) is 3.97. The molecule has 2 aromatic carbocycles. The zero-order valence-electron chi connectivity index (χ0n) is 12.6. The van der Waals surface area contributed by atoms with E-state index >= 15 is 0 Å². The van der Waals surface area contributed by atoms with Crippen LogP contribution in [0.5, 0.6) is 0 Å². The molecule has 4 aromatic rings. The van der Waals surface area contributed by atoms with Crippen molar-refractivity contribution in [3.63, 3.8) is 0 Å². The number of hydrogen-bond acceptors (Lipinski definition) is 2. The fraction of sp³-hybridized carbons (Fsp3) is 0.0526. The largest absolute Gasteiger partial charge is 0.277 e. The summed E-state index contributed by atoms with van der Waals surface area (Å²) in [6, 6.07) is 15.0. The summed E-state index contributed by atoms with van der Waals surface area (Å²) in [6.45, 7) is 0. The number of nitrogens with zero attached hydrogens (tertiary/aromatic N) is 2. The van der Waals surface area contributed by atoms with Crippen molar-refractivity contribution in [3.8, 4) is 11.4 Å². The second-order valence-electron chi connectivity index (χ2n) is 5.62. The molecule has 0 spiro atoms. The van der Waals surface area contributed by atoms with Gasteiger partial charge in [0.05, 0.1) is 11.2 Å². The molecule has 0 atom stereocenters. The fourth-order valence-corrected chi connectivity index (χ4v) is 2.82. The quantitative estimate of drug-likeness (QED) is 0.604. The van der Waals surface area contributed by atoms with Crippen molar-refractivity contribution >= 4 is 10.9 Å². The monoisotopic (exact) mass is 321 g/mol. The SMILES string of the molecule is Fc1cc(F)cc(Cc2ccc3[nH]nc(-c4ccccn4)c3c2)c1. The van der Waals surface area contributed by atoms with E-state index in [9.17, 15) is 8.78 Å². The highest BCUT2D eigenvalue weighted by molar-refractivity contribution is 5.92. The second kappa shape index (κ2) is 5.85. The first-order valence-corrected chi connectivity index (χ1v) is 7.52. The van der Waals surface area contributed by atoms with E-state index in [4.69, 9.17) is 0 Å². The molecular formula is C19H13F2N3. The molecule has 118 valence electrons. The van der Waals surface area contributed by atoms with Crippen molar-refractivity contribution in [2.45, 2.75) is 6.42 Å². The van der Waals surface area contributed by atoms with Crippen molar-refractivity contribution in [1.29, 1.82) is 0 Å². The van der Waals surface area contributed by atoms with Gasteiger partial charge in [0.2, 0.25) is 0 Å². The van der Waals surface area contributed by atoms with Crippen molar-refractivity contribution in [2.24, 2.45) is 0 Å². The molecule has 0 saturated heterocycles. The Morgan fingerprint density at radius 1 is 0.875 bits per heavy atom. The number of hydrogen-bond donors (Lipinski definition) is 1. The third-order valence-corrected chi connectivity index (χ3v) is 3.87. The van der Waals surface area contributed by atoms with Gasteiger partial charge >= 0.3 is 0 Å². The molecule has 5 heteroatoms. The highest BCUT2D eigenvalue weighted by Crippen LogP contribution is 2.26. The van der Waals surface area contributed by atoms with Gasteiger partial charge in [-0.15, -0.1) is 0 Å². The predicted octanol–water partition coefficient (Wildman–Crippen LogP) is 4.49. The van der Waals surface area contributed by atoms with E-state index in [1.54, 1.807) is 6.20 Å². The maximum absolute atomic E-state index is 13.4. The number of rotatable bonds is 3. The number of benzene rings is 2. The number of nitrogens with one attached hydrogen (secondary N) is 1. The number of fused-ring (bicyclic) bond motifs is 1. The number of H-pyrrole nitrogens is 1. The van der Waals surface area contributed by atoms with Crippen LogP contribution >= 0.6 is 0 Å². The van der Waals surface area contributed by atoms with E-state index in [1.165, 1.54) is 12.1 Å². The predicted molar refractivity (Wildman–Crippen MR) is 88.5 cm³/mol. The van der Waals surface area contributed by atoms with Crippen LogP contribution in [0.25, 0.3) is 22.3 Å². The van der Waals surface area contributed by atoms with Gasteiger partial charge in [-0.1, -0.05) is 12.1 Å². The van der Waals surface area contributed by atoms with Crippen LogP contribution in [0.2, 0.25) is 0 Å². The average molecular weight is 321 g/mol. The first-order chi connectivity index (χ1) is 11.7. The lowest BCUT2D eigenvalue weighted by atomic mass is 10.0. The minimum atomic E-state index is -0.566. The molecule has 0 aliphatic heterocycles. The molecule has 0 unspecified atom stereocenters. The number of pyridine rings is 1. The number of halogens is 2. The number of aromatic nitrogens is 3. The first kappa shape index (κ1) is 14.5. The molecule has 3 nitrogen and oxygen atoms in total. The van der Waals surface area contributed by atoms with Gasteiger partial charge in [-0.3, -0.25) is 10.1 Å². The Hall–Kier alpha value is -3.08. The molecule has 0 saturated carbocycles. The lowest BCUT2D eigenvalue weighted by Crippen LogP contribution is -1.91. The van der Waals surface area contributed by atoms with E-state index in [1.807, 2.05) is 36.4 Å². The van der Waals surface area contributed by atoms with Crippen molar-refractivity contribution in [3.05, 3.63) is 83.6 Å². The molecule has 0 fully saturated rings. The van der Waals surface area contributed by atoms with Gasteiger partial charge in [-0.2, -0.15) is 5.10 Å². The standard InChI is InChI=1S/C19H13F2N3/c20-14-8-13(9-15(21)11-14)7-12-4-5-17-16(10-12)19(24-23-17)18-3-1-2-6-22-18/h1-6,8-11H,7H2,(H,23,24). The van der Waals surface area contributed by atoms with Crippen LogP contribution in [0.15, 0.2) is 60.8 Å². The third kappa shape index (κ3) is 2.76. The zero-order chi connectivity index (χ0) is 16.5. The molecule has 0 aliphatic carbocycles. The van der Waals surface area contributed by atoms with Crippen LogP contribution < -0.4 is 0 Å². The Balaban J connectivity index is 1.75. The first-order valence-electron chi connectivity index (χ1n) is 7.52. The molecule has 24 heavy (non-hydrogen) atoms. The summed E-state index contributed by atoms with van der Waals surface area (Å²) in [7, 11) is 0. The Morgan fingerprint density at radius 3 is 2.46 bits per heavy atom. The van der Waals surface area contributed by atoms with Gasteiger partial charge in [-0.05, 0) is 53.9 Å². The molecule has 0 radical (unpaired) electrons. The van der Waals surface area contributed by atoms with E-state index in [2.05, 4.69) is 15.2 Å². The topological polar surface area (TPSA) is 41.6 Å². The lowest BCUT2D eigenvalue weighted by molar-refractivity contribution is 0.580. The van der Waals surface area contributed by atoms with Crippen LogP contribution in [0.3, 0.4) is 0 Å². The van der Waals surface area contributed by atoms with Crippen LogP contribution in [-0.4, -0.2) is 15.2 Å². The smallest absolute Gasteiger partial charge is 0.126 e. The second-order valence-corrected chi connectivity index (χ2v) is 5.62. The summed E-state index contributed by atoms with van der Waals surface area (Å²) in [5, 5.41) is 8.25. The molecule has 0 amide bonds. The van der Waals surface area contributed by atoms with Crippen LogP contribution in [0, 0.1) is 11.6 Å². The van der Waals surface area contributed by atoms with E-state index in [0.29, 0.717) is 12.0 Å². The maximum atomic E-state index is 13.4. The van der Waals surface area contributed by atoms with Crippen molar-refractivity contribution < 1.29 is 8.78 Å². The highest BCUT2D eigenvalue weighted by atomic mass is 19.1. The minimum absolute atomic E-state index is 0.442. The summed E-state index contributed by atoms with van der Waals surface area (Å²) < 4.78 is 26.7. The van der Waals surface area contributed by atoms with Crippen molar-refractivity contribution in [2.75, 3.05) is 0 Å². The van der Waals surface area contributed by atoms with E-state index in [-0.39, 0.29) is 0 Å². The third-order valence-electron chi connectivity index (χ3n) is 3.87. The molecular weight excluding hydrogens is 308 g/mol. The van der Waals surface area contributed by atoms with Crippen molar-refractivity contribution in [1.82, 2.24) is 15.2 Å². The Bertz CT molecular complexity index is 989. The van der Waals surface area contributed by atoms with Crippen LogP contribution in [0.4, 0.5) is 8.78 Å². The zero-order valence-corrected chi connectivity index (χ0v) is 12.6. The van der Waals surface area contributed by atoms with Gasteiger partial charge in [0.15, 0.2) is 0 Å². The summed E-state index contributed by atoms with van der Waals surface area (Å²) in [4.78, 5) is 4.33. The Morgan fingerprint density at radius 2 is 1.71 bits per heavy atom. The maximum Gasteiger partial charge on any atom is 0.126 e. The molecule has 0 aliphatic rings. The van der Waals surface area contributed by atoms with Gasteiger partial charge < -0.3 is 0 Å². The average Bonchev–Trinajstić information content (AvgIpc) is 2.98. The van der Waals surface area contributed by atoms with E-state index < -0.39 is 11.6 Å². The van der Waals surface area contributed by atoms with Gasteiger partial charge in [-0.25, -0.2) is 8.78 Å². The summed E-state index contributed by atoms with van der Waals surface area (Å²) in [6.07, 6.45) is 2.16. The van der Waals surface area contributed by atoms with Gasteiger partial charge in [0.25, 0.3) is 0 Å². The van der Waals surface area contributed by atoms with Gasteiger partial charge in [0, 0.05) is 17.6 Å². The molecule has 0 bridgehead atoms. The molecule has 4 rings (SSSR count). The summed E-state index contributed by atoms with van der Waals surface area (Å²) >= 11 is 0. The van der Waals surface area contributed by atoms with Crippen LogP contribution in [-0.2, 0) is 6.42 Å². The van der Waals surface area contributed by atoms with E-state index in [0.717, 1.165) is 33.9 Å². The number of aromatic amines is 1. The minimum Gasteiger partial charge on any atom is -0.277 e.